The Morgan fingerprint density at radius 2 is 1.66 bits per heavy atom. The Morgan fingerprint density at radius 1 is 1.03 bits per heavy atom. The zero-order valence-electron chi connectivity index (χ0n) is 18.8. The molecule has 29 heavy (non-hydrogen) atoms. The average Bonchev–Trinajstić information content (AvgIpc) is 3.19. The van der Waals surface area contributed by atoms with Crippen LogP contribution in [0.1, 0.15) is 61.4 Å². The van der Waals surface area contributed by atoms with Crippen LogP contribution in [0.15, 0.2) is 60.7 Å². The zero-order chi connectivity index (χ0) is 20.1. The molecule has 0 radical (unpaired) electrons. The van der Waals surface area contributed by atoms with Crippen molar-refractivity contribution in [2.45, 2.75) is 57.5 Å². The van der Waals surface area contributed by atoms with Crippen molar-refractivity contribution >= 4 is 19.2 Å². The van der Waals surface area contributed by atoms with E-state index in [0.29, 0.717) is 5.92 Å². The van der Waals surface area contributed by atoms with Crippen LogP contribution in [0, 0.1) is 5.92 Å². The number of hydrogen-bond acceptors (Lipinski definition) is 1. The molecule has 2 aliphatic carbocycles. The third-order valence-electron chi connectivity index (χ3n) is 7.12. The summed E-state index contributed by atoms with van der Waals surface area (Å²) in [5.41, 5.74) is 7.75. The van der Waals surface area contributed by atoms with Crippen LogP contribution < -0.4 is 24.0 Å². The van der Waals surface area contributed by atoms with E-state index in [9.17, 15) is 5.11 Å². The van der Waals surface area contributed by atoms with Gasteiger partial charge >= 0.3 is 18.9 Å². The van der Waals surface area contributed by atoms with Crippen LogP contribution in [0.2, 0.25) is 13.1 Å². The van der Waals surface area contributed by atoms with E-state index in [1.165, 1.54) is 27.8 Å². The van der Waals surface area contributed by atoms with Gasteiger partial charge in [-0.3, -0.25) is 0 Å². The van der Waals surface area contributed by atoms with Gasteiger partial charge in [0.15, 0.2) is 0 Å². The molecular formula is C26H31LiOSi. The van der Waals surface area contributed by atoms with Crippen molar-refractivity contribution in [1.82, 2.24) is 0 Å². The van der Waals surface area contributed by atoms with Gasteiger partial charge in [0, 0.05) is 0 Å². The minimum atomic E-state index is -2.32. The van der Waals surface area contributed by atoms with E-state index in [1.807, 2.05) is 6.07 Å². The molecule has 0 amide bonds. The smallest absolute Gasteiger partial charge is 0.845 e. The molecule has 3 unspecified atom stereocenters. The summed E-state index contributed by atoms with van der Waals surface area (Å²) in [5.74, 6) is 0.430. The topological polar surface area (TPSA) is 23.1 Å². The molecule has 0 N–H and O–H groups in total. The van der Waals surface area contributed by atoms with Crippen molar-refractivity contribution in [1.29, 1.82) is 0 Å². The van der Waals surface area contributed by atoms with Gasteiger partial charge < -0.3 is 5.11 Å². The quantitative estimate of drug-likeness (QED) is 0.715. The van der Waals surface area contributed by atoms with E-state index in [-0.39, 0.29) is 24.4 Å². The molecule has 4 rings (SSSR count). The SMILES string of the molecule is CCCC(C)C1=CC([O-])([Si](C)(C)C2C=C(C)c3ccccc32)c2ccccc21.[Li+]. The molecule has 0 aliphatic heterocycles. The number of rotatable bonds is 5. The maximum Gasteiger partial charge on any atom is 1.00 e. The molecule has 0 spiro atoms. The van der Waals surface area contributed by atoms with Crippen LogP contribution in [-0.4, -0.2) is 8.07 Å². The maximum absolute atomic E-state index is 14.7. The molecule has 2 aromatic carbocycles. The van der Waals surface area contributed by atoms with Gasteiger partial charge in [0.1, 0.15) is 0 Å². The Kier molecular flexibility index (Phi) is 6.24. The predicted molar refractivity (Wildman–Crippen MR) is 120 cm³/mol. The summed E-state index contributed by atoms with van der Waals surface area (Å²) in [7, 11) is -2.32. The van der Waals surface area contributed by atoms with Gasteiger partial charge in [-0.05, 0) is 58.2 Å². The fraction of sp³-hybridized carbons (Fsp3) is 0.385. The van der Waals surface area contributed by atoms with Crippen LogP contribution in [0.4, 0.5) is 0 Å². The maximum atomic E-state index is 14.7. The molecule has 0 saturated carbocycles. The first-order chi connectivity index (χ1) is 13.3. The van der Waals surface area contributed by atoms with Crippen molar-refractivity contribution in [2.24, 2.45) is 5.92 Å². The van der Waals surface area contributed by atoms with Crippen LogP contribution >= 0.6 is 0 Å². The minimum Gasteiger partial charge on any atom is -0.845 e. The molecule has 146 valence electrons. The van der Waals surface area contributed by atoms with Gasteiger partial charge in [-0.15, -0.1) is 0 Å². The van der Waals surface area contributed by atoms with Crippen LogP contribution in [-0.2, 0) is 5.22 Å². The van der Waals surface area contributed by atoms with Crippen molar-refractivity contribution < 1.29 is 24.0 Å². The van der Waals surface area contributed by atoms with Gasteiger partial charge in [0.05, 0.1) is 8.07 Å². The molecule has 0 heterocycles. The monoisotopic (exact) mass is 394 g/mol. The van der Waals surface area contributed by atoms with E-state index in [2.05, 4.69) is 88.5 Å². The normalized spacial score (nSPS) is 23.6. The summed E-state index contributed by atoms with van der Waals surface area (Å²) >= 11 is 0. The van der Waals surface area contributed by atoms with Crippen molar-refractivity contribution in [2.75, 3.05) is 0 Å². The van der Waals surface area contributed by atoms with Crippen LogP contribution in [0.3, 0.4) is 0 Å². The zero-order valence-corrected chi connectivity index (χ0v) is 19.8. The van der Waals surface area contributed by atoms with Crippen LogP contribution in [0.5, 0.6) is 0 Å². The Hall–Kier alpha value is -1.31. The van der Waals surface area contributed by atoms with E-state index in [0.717, 1.165) is 18.4 Å². The Balaban J connectivity index is 0.00000240. The first-order valence-corrected chi connectivity index (χ1v) is 13.7. The van der Waals surface area contributed by atoms with Gasteiger partial charge in [0.25, 0.3) is 0 Å². The molecule has 3 heteroatoms. The largest absolute Gasteiger partial charge is 1.00 e. The van der Waals surface area contributed by atoms with Crippen LogP contribution in [0.25, 0.3) is 11.1 Å². The second-order valence-corrected chi connectivity index (χ2v) is 14.0. The summed E-state index contributed by atoms with van der Waals surface area (Å²) in [4.78, 5) is 0. The molecular weight excluding hydrogens is 363 g/mol. The summed E-state index contributed by atoms with van der Waals surface area (Å²) in [6.45, 7) is 11.3. The third-order valence-corrected chi connectivity index (χ3v) is 11.5. The number of benzene rings is 2. The minimum absolute atomic E-state index is 0. The van der Waals surface area contributed by atoms with E-state index in [1.54, 1.807) is 0 Å². The Morgan fingerprint density at radius 3 is 2.34 bits per heavy atom. The Bertz CT molecular complexity index is 974. The summed E-state index contributed by atoms with van der Waals surface area (Å²) in [6, 6.07) is 17.1. The first-order valence-electron chi connectivity index (χ1n) is 10.6. The van der Waals surface area contributed by atoms with Crippen molar-refractivity contribution in [3.8, 4) is 0 Å². The molecule has 1 nitrogen and oxygen atoms in total. The Labute approximate surface area is 189 Å². The molecule has 2 aromatic rings. The first kappa shape index (κ1) is 22.4. The average molecular weight is 395 g/mol. The molecule has 3 atom stereocenters. The van der Waals surface area contributed by atoms with Crippen molar-refractivity contribution in [3.05, 3.63) is 82.9 Å². The number of allylic oxidation sites excluding steroid dienone is 3. The fourth-order valence-electron chi connectivity index (χ4n) is 5.35. The standard InChI is InChI=1S/C26H31OSi.Li/c1-6-11-18(2)23-17-26(27,24-15-10-9-13-21(23)24)28(4,5)25-16-19(3)20-12-7-8-14-22(20)25;/h7-10,12-18,25H,6,11H2,1-5H3;/q-1;+1. The summed E-state index contributed by atoms with van der Waals surface area (Å²) in [5, 5.41) is 13.6. The van der Waals surface area contributed by atoms with Gasteiger partial charge in [-0.25, -0.2) is 0 Å². The molecule has 2 aliphatic rings. The van der Waals surface area contributed by atoms with E-state index in [4.69, 9.17) is 0 Å². The third kappa shape index (κ3) is 3.35. The van der Waals surface area contributed by atoms with E-state index < -0.39 is 13.3 Å². The fourth-order valence-corrected chi connectivity index (χ4v) is 8.95. The second kappa shape index (κ2) is 8.08. The van der Waals surface area contributed by atoms with Gasteiger partial charge in [-0.2, -0.15) is 0 Å². The summed E-state index contributed by atoms with van der Waals surface area (Å²) < 4.78 is 0. The molecule has 0 fully saturated rings. The molecule has 0 bridgehead atoms. The summed E-state index contributed by atoms with van der Waals surface area (Å²) in [6.07, 6.45) is 6.78. The molecule has 0 aromatic heterocycles. The second-order valence-electron chi connectivity index (χ2n) is 9.21. The predicted octanol–water partition coefficient (Wildman–Crippen LogP) is 3.07. The van der Waals surface area contributed by atoms with E-state index >= 15 is 0 Å². The number of fused-ring (bicyclic) bond motifs is 2. The van der Waals surface area contributed by atoms with Gasteiger partial charge in [0.2, 0.25) is 0 Å². The molecule has 0 saturated heterocycles. The van der Waals surface area contributed by atoms with Crippen molar-refractivity contribution in [3.63, 3.8) is 0 Å². The number of hydrogen-bond donors (Lipinski definition) is 0. The van der Waals surface area contributed by atoms with Gasteiger partial charge in [-0.1, -0.05) is 99.3 Å².